The van der Waals surface area contributed by atoms with Crippen molar-refractivity contribution >= 4 is 27.3 Å². The third-order valence-corrected chi connectivity index (χ3v) is 6.14. The smallest absolute Gasteiger partial charge is 0.122 e. The zero-order valence-electron chi connectivity index (χ0n) is 10.2. The molecule has 3 rings (SSSR count). The molecular weight excluding hydrogens is 308 g/mol. The lowest BCUT2D eigenvalue weighted by molar-refractivity contribution is 0.330. The van der Waals surface area contributed by atoms with Gasteiger partial charge in [-0.05, 0) is 24.6 Å². The van der Waals surface area contributed by atoms with Crippen LogP contribution in [0.15, 0.2) is 36.4 Å². The largest absolute Gasteiger partial charge is 0.493 e. The van der Waals surface area contributed by atoms with E-state index in [9.17, 15) is 0 Å². The molecule has 3 heteroatoms. The van der Waals surface area contributed by atoms with Crippen LogP contribution in [0.5, 0.6) is 5.75 Å². The van der Waals surface area contributed by atoms with Gasteiger partial charge in [0, 0.05) is 21.2 Å². The Morgan fingerprint density at radius 1 is 1.33 bits per heavy atom. The van der Waals surface area contributed by atoms with Gasteiger partial charge in [0.05, 0.1) is 11.4 Å². The molecule has 2 atom stereocenters. The minimum atomic E-state index is 0.353. The van der Waals surface area contributed by atoms with Crippen molar-refractivity contribution in [1.29, 1.82) is 0 Å². The molecule has 0 saturated carbocycles. The summed E-state index contributed by atoms with van der Waals surface area (Å²) >= 11 is 5.76. The number of alkyl halides is 1. The van der Waals surface area contributed by atoms with Crippen LogP contribution in [0.25, 0.3) is 0 Å². The summed E-state index contributed by atoms with van der Waals surface area (Å²) in [6.45, 7) is 2.97. The van der Waals surface area contributed by atoms with E-state index in [0.29, 0.717) is 10.7 Å². The van der Waals surface area contributed by atoms with Crippen LogP contribution in [0.1, 0.15) is 33.0 Å². The van der Waals surface area contributed by atoms with Crippen LogP contribution in [-0.2, 0) is 6.42 Å². The highest BCUT2D eigenvalue weighted by molar-refractivity contribution is 9.09. The van der Waals surface area contributed by atoms with Gasteiger partial charge in [-0.15, -0.1) is 11.3 Å². The van der Waals surface area contributed by atoms with E-state index in [4.69, 9.17) is 4.74 Å². The highest BCUT2D eigenvalue weighted by atomic mass is 79.9. The number of halogens is 1. The molecule has 1 aliphatic heterocycles. The van der Waals surface area contributed by atoms with Crippen LogP contribution in [0.3, 0.4) is 0 Å². The van der Waals surface area contributed by atoms with Gasteiger partial charge >= 0.3 is 0 Å². The van der Waals surface area contributed by atoms with Crippen molar-refractivity contribution in [2.24, 2.45) is 0 Å². The van der Waals surface area contributed by atoms with Gasteiger partial charge in [0.1, 0.15) is 5.75 Å². The number of hydrogen-bond acceptors (Lipinski definition) is 2. The summed E-state index contributed by atoms with van der Waals surface area (Å²) in [6, 6.07) is 12.8. The molecule has 2 unspecified atom stereocenters. The average molecular weight is 323 g/mol. The van der Waals surface area contributed by atoms with Crippen LogP contribution < -0.4 is 4.74 Å². The highest BCUT2D eigenvalue weighted by Crippen LogP contribution is 2.46. The van der Waals surface area contributed by atoms with Crippen molar-refractivity contribution in [1.82, 2.24) is 0 Å². The summed E-state index contributed by atoms with van der Waals surface area (Å²) in [5.41, 5.74) is 1.32. The number of benzene rings is 1. The first-order valence-corrected chi connectivity index (χ1v) is 7.97. The molecule has 0 amide bonds. The molecule has 1 nitrogen and oxygen atoms in total. The van der Waals surface area contributed by atoms with Gasteiger partial charge in [0.25, 0.3) is 0 Å². The Hall–Kier alpha value is -0.800. The zero-order valence-corrected chi connectivity index (χ0v) is 12.6. The van der Waals surface area contributed by atoms with E-state index in [1.807, 2.05) is 17.4 Å². The second-order valence-electron chi connectivity index (χ2n) is 4.51. The lowest BCUT2D eigenvalue weighted by atomic mass is 9.97. The second-order valence-corrected chi connectivity index (χ2v) is 6.70. The molecule has 1 aliphatic rings. The van der Waals surface area contributed by atoms with Crippen molar-refractivity contribution in [2.45, 2.75) is 24.1 Å². The van der Waals surface area contributed by atoms with Crippen molar-refractivity contribution in [3.63, 3.8) is 0 Å². The fraction of sp³-hybridized carbons (Fsp3) is 0.333. The SMILES string of the molecule is CCc1ccc(C(Br)C2COc3ccccc32)s1. The molecule has 0 aliphatic carbocycles. The van der Waals surface area contributed by atoms with E-state index < -0.39 is 0 Å². The first kappa shape index (κ1) is 12.2. The molecule has 94 valence electrons. The van der Waals surface area contributed by atoms with E-state index >= 15 is 0 Å². The Morgan fingerprint density at radius 3 is 2.94 bits per heavy atom. The summed E-state index contributed by atoms with van der Waals surface area (Å²) in [7, 11) is 0. The minimum Gasteiger partial charge on any atom is -0.493 e. The monoisotopic (exact) mass is 322 g/mol. The van der Waals surface area contributed by atoms with E-state index in [-0.39, 0.29) is 0 Å². The van der Waals surface area contributed by atoms with Crippen molar-refractivity contribution in [3.05, 3.63) is 51.7 Å². The third kappa shape index (κ3) is 2.10. The fourth-order valence-electron chi connectivity index (χ4n) is 2.36. The quantitative estimate of drug-likeness (QED) is 0.728. The number of para-hydroxylation sites is 1. The van der Waals surface area contributed by atoms with E-state index in [1.165, 1.54) is 15.3 Å². The Balaban J connectivity index is 1.88. The molecular formula is C15H15BrOS. The van der Waals surface area contributed by atoms with Crippen molar-refractivity contribution in [2.75, 3.05) is 6.61 Å². The Bertz CT molecular complexity index is 549. The molecule has 0 fully saturated rings. The Labute approximate surface area is 120 Å². The maximum absolute atomic E-state index is 5.76. The second kappa shape index (κ2) is 5.06. The molecule has 1 aromatic heterocycles. The van der Waals surface area contributed by atoms with Crippen molar-refractivity contribution < 1.29 is 4.74 Å². The lowest BCUT2D eigenvalue weighted by Gasteiger charge is -2.15. The number of fused-ring (bicyclic) bond motifs is 1. The topological polar surface area (TPSA) is 9.23 Å². The summed E-state index contributed by atoms with van der Waals surface area (Å²) in [5.74, 6) is 1.46. The normalized spacial score (nSPS) is 19.3. The zero-order chi connectivity index (χ0) is 12.5. The molecule has 0 saturated heterocycles. The number of thiophene rings is 1. The average Bonchev–Trinajstić information content (AvgIpc) is 3.04. The lowest BCUT2D eigenvalue weighted by Crippen LogP contribution is -2.06. The van der Waals surface area contributed by atoms with E-state index in [1.54, 1.807) is 0 Å². The van der Waals surface area contributed by atoms with Gasteiger partial charge in [-0.25, -0.2) is 0 Å². The van der Waals surface area contributed by atoms with Crippen LogP contribution in [0, 0.1) is 0 Å². The summed E-state index contributed by atoms with van der Waals surface area (Å²) in [5, 5.41) is 0. The summed E-state index contributed by atoms with van der Waals surface area (Å²) < 4.78 is 5.76. The Kier molecular flexibility index (Phi) is 3.44. The number of aryl methyl sites for hydroxylation is 1. The molecule has 0 spiro atoms. The maximum Gasteiger partial charge on any atom is 0.122 e. The van der Waals surface area contributed by atoms with Crippen LogP contribution in [0.2, 0.25) is 0 Å². The minimum absolute atomic E-state index is 0.353. The third-order valence-electron chi connectivity index (χ3n) is 3.39. The van der Waals surface area contributed by atoms with Crippen molar-refractivity contribution in [3.8, 4) is 5.75 Å². The van der Waals surface area contributed by atoms with Gasteiger partial charge in [0.2, 0.25) is 0 Å². The molecule has 0 bridgehead atoms. The molecule has 2 aromatic rings. The summed E-state index contributed by atoms with van der Waals surface area (Å²) in [4.78, 5) is 3.20. The number of hydrogen-bond donors (Lipinski definition) is 0. The first-order valence-electron chi connectivity index (χ1n) is 6.24. The van der Waals surface area contributed by atoms with Gasteiger partial charge in [-0.2, -0.15) is 0 Å². The fourth-order valence-corrected chi connectivity index (χ4v) is 4.23. The molecule has 1 aromatic carbocycles. The number of ether oxygens (including phenoxy) is 1. The van der Waals surface area contributed by atoms with Gasteiger partial charge in [-0.1, -0.05) is 41.1 Å². The molecule has 0 N–H and O–H groups in total. The van der Waals surface area contributed by atoms with E-state index in [0.717, 1.165) is 18.8 Å². The molecule has 18 heavy (non-hydrogen) atoms. The Morgan fingerprint density at radius 2 is 2.17 bits per heavy atom. The van der Waals surface area contributed by atoms with E-state index in [2.05, 4.69) is 53.2 Å². The standard InChI is InChI=1S/C15H15BrOS/c1-2-10-7-8-14(18-10)15(16)12-9-17-13-6-4-3-5-11(12)13/h3-8,12,15H,2,9H2,1H3. The predicted molar refractivity (Wildman–Crippen MR) is 80.0 cm³/mol. The molecule has 2 heterocycles. The molecule has 0 radical (unpaired) electrons. The van der Waals surface area contributed by atoms with Crippen LogP contribution in [-0.4, -0.2) is 6.61 Å². The van der Waals surface area contributed by atoms with Gasteiger partial charge < -0.3 is 4.74 Å². The summed E-state index contributed by atoms with van der Waals surface area (Å²) in [6.07, 6.45) is 1.11. The van der Waals surface area contributed by atoms with Crippen LogP contribution >= 0.6 is 27.3 Å². The highest BCUT2D eigenvalue weighted by Gasteiger charge is 2.31. The van der Waals surface area contributed by atoms with Gasteiger partial charge in [-0.3, -0.25) is 0 Å². The number of rotatable bonds is 3. The van der Waals surface area contributed by atoms with Gasteiger partial charge in [0.15, 0.2) is 0 Å². The maximum atomic E-state index is 5.76. The predicted octanol–water partition coefficient (Wildman–Crippen LogP) is 4.92. The van der Waals surface area contributed by atoms with Crippen LogP contribution in [0.4, 0.5) is 0 Å². The first-order chi connectivity index (χ1) is 8.79.